The van der Waals surface area contributed by atoms with E-state index in [1.165, 1.54) is 6.42 Å². The number of ether oxygens (including phenoxy) is 1. The van der Waals surface area contributed by atoms with Gasteiger partial charge >= 0.3 is 6.09 Å². The number of likely N-dealkylation sites (tertiary alicyclic amines) is 1. The Bertz CT molecular complexity index is 763. The van der Waals surface area contributed by atoms with E-state index in [-0.39, 0.29) is 11.7 Å². The van der Waals surface area contributed by atoms with Crippen molar-refractivity contribution < 1.29 is 9.53 Å². The third-order valence-corrected chi connectivity index (χ3v) is 4.40. The van der Waals surface area contributed by atoms with Gasteiger partial charge in [0.1, 0.15) is 5.60 Å². The summed E-state index contributed by atoms with van der Waals surface area (Å²) in [5, 5.41) is 0.884. The highest BCUT2D eigenvalue weighted by atomic mass is 79.9. The Hall–Kier alpha value is -2.02. The van der Waals surface area contributed by atoms with Gasteiger partial charge in [-0.1, -0.05) is 15.9 Å². The molecule has 0 bridgehead atoms. The molecule has 0 unspecified atom stereocenters. The van der Waals surface area contributed by atoms with Gasteiger partial charge in [-0.3, -0.25) is 4.98 Å². The van der Waals surface area contributed by atoms with Crippen molar-refractivity contribution in [3.05, 3.63) is 28.9 Å². The van der Waals surface area contributed by atoms with Crippen molar-refractivity contribution >= 4 is 44.3 Å². The normalized spacial score (nSPS) is 14.5. The number of anilines is 2. The maximum Gasteiger partial charge on any atom is 0.410 e. The van der Waals surface area contributed by atoms with Crippen molar-refractivity contribution in [2.75, 3.05) is 24.6 Å². The SMILES string of the molecule is CC(C)(C)OC(=O)N1CCCCC1.Nc1cnc2ccc(Br)cc2c1N. The summed E-state index contributed by atoms with van der Waals surface area (Å²) in [6.07, 6.45) is 4.87. The van der Waals surface area contributed by atoms with E-state index < -0.39 is 0 Å². The Morgan fingerprint density at radius 2 is 1.85 bits per heavy atom. The summed E-state index contributed by atoms with van der Waals surface area (Å²) in [6, 6.07) is 5.73. The number of aromatic nitrogens is 1. The van der Waals surface area contributed by atoms with Gasteiger partial charge in [0.25, 0.3) is 0 Å². The molecule has 1 aromatic heterocycles. The molecule has 0 saturated carbocycles. The number of hydrogen-bond acceptors (Lipinski definition) is 5. The second-order valence-corrected chi connectivity index (χ2v) is 8.23. The van der Waals surface area contributed by atoms with E-state index in [9.17, 15) is 4.79 Å². The molecule has 4 N–H and O–H groups in total. The van der Waals surface area contributed by atoms with Crippen molar-refractivity contribution in [3.8, 4) is 0 Å². The number of rotatable bonds is 0. The number of nitrogens with zero attached hydrogens (tertiary/aromatic N) is 2. The molecule has 2 heterocycles. The molecular weight excluding hydrogens is 396 g/mol. The van der Waals surface area contributed by atoms with Crippen LogP contribution in [0.25, 0.3) is 10.9 Å². The lowest BCUT2D eigenvalue weighted by Gasteiger charge is -2.29. The number of amides is 1. The van der Waals surface area contributed by atoms with Crippen LogP contribution in [-0.4, -0.2) is 34.7 Å². The summed E-state index contributed by atoms with van der Waals surface area (Å²) in [5.41, 5.74) is 13.0. The first-order valence-electron chi connectivity index (χ1n) is 8.74. The molecule has 1 aliphatic rings. The minimum atomic E-state index is -0.367. The average molecular weight is 423 g/mol. The number of nitrogens with two attached hydrogens (primary N) is 2. The molecule has 1 saturated heterocycles. The predicted octanol–water partition coefficient (Wildman–Crippen LogP) is 4.57. The van der Waals surface area contributed by atoms with Gasteiger partial charge in [0.05, 0.1) is 23.1 Å². The molecule has 1 aromatic carbocycles. The van der Waals surface area contributed by atoms with Gasteiger partial charge in [-0.2, -0.15) is 0 Å². The van der Waals surface area contributed by atoms with Gasteiger partial charge < -0.3 is 21.1 Å². The van der Waals surface area contributed by atoms with E-state index in [2.05, 4.69) is 20.9 Å². The minimum Gasteiger partial charge on any atom is -0.444 e. The fraction of sp³-hybridized carbons (Fsp3) is 0.474. The third-order valence-electron chi connectivity index (χ3n) is 3.91. The van der Waals surface area contributed by atoms with E-state index in [1.54, 1.807) is 11.1 Å². The fourth-order valence-corrected chi connectivity index (χ4v) is 2.96. The van der Waals surface area contributed by atoms with Crippen LogP contribution in [0.15, 0.2) is 28.9 Å². The molecule has 1 fully saturated rings. The Morgan fingerprint density at radius 1 is 1.19 bits per heavy atom. The number of nitrogen functional groups attached to an aromatic ring is 2. The molecule has 3 rings (SSSR count). The molecule has 0 radical (unpaired) electrons. The summed E-state index contributed by atoms with van der Waals surface area (Å²) in [4.78, 5) is 17.5. The number of benzene rings is 1. The zero-order valence-electron chi connectivity index (χ0n) is 15.6. The Morgan fingerprint density at radius 3 is 2.46 bits per heavy atom. The van der Waals surface area contributed by atoms with Crippen molar-refractivity contribution in [2.24, 2.45) is 0 Å². The molecule has 26 heavy (non-hydrogen) atoms. The first kappa shape index (κ1) is 20.3. The third kappa shape index (κ3) is 5.76. The Kier molecular flexibility index (Phi) is 6.69. The van der Waals surface area contributed by atoms with Crippen molar-refractivity contribution in [1.29, 1.82) is 0 Å². The van der Waals surface area contributed by atoms with Crippen LogP contribution in [-0.2, 0) is 4.74 Å². The minimum absolute atomic E-state index is 0.160. The van der Waals surface area contributed by atoms with Crippen molar-refractivity contribution in [2.45, 2.75) is 45.6 Å². The topological polar surface area (TPSA) is 94.5 Å². The highest BCUT2D eigenvalue weighted by Crippen LogP contribution is 2.27. The number of carbonyl (C=O) groups is 1. The molecule has 2 aromatic rings. The second kappa shape index (κ2) is 8.58. The molecule has 1 amide bonds. The quantitative estimate of drug-likeness (QED) is 0.647. The zero-order valence-corrected chi connectivity index (χ0v) is 17.2. The van der Waals surface area contributed by atoms with Crippen LogP contribution in [0.4, 0.5) is 16.2 Å². The molecule has 0 atom stereocenters. The zero-order chi connectivity index (χ0) is 19.3. The standard InChI is InChI=1S/C10H19NO2.C9H8BrN3/c1-10(2,3)13-9(12)11-7-5-4-6-8-11;10-5-1-2-8-6(3-5)9(12)7(11)4-13-8/h4-8H2,1-3H3;1-4H,11H2,(H2,12,13). The van der Waals surface area contributed by atoms with E-state index >= 15 is 0 Å². The number of piperidine rings is 1. The van der Waals surface area contributed by atoms with E-state index in [1.807, 2.05) is 39.0 Å². The van der Waals surface area contributed by atoms with E-state index in [0.29, 0.717) is 11.4 Å². The van der Waals surface area contributed by atoms with Crippen molar-refractivity contribution in [3.63, 3.8) is 0 Å². The lowest BCUT2D eigenvalue weighted by atomic mass is 10.1. The van der Waals surface area contributed by atoms with Crippen molar-refractivity contribution in [1.82, 2.24) is 9.88 Å². The fourth-order valence-electron chi connectivity index (χ4n) is 2.60. The van der Waals surface area contributed by atoms with Gasteiger partial charge in [0, 0.05) is 22.9 Å². The van der Waals surface area contributed by atoms with Gasteiger partial charge in [0.15, 0.2) is 0 Å². The number of fused-ring (bicyclic) bond motifs is 1. The lowest BCUT2D eigenvalue weighted by Crippen LogP contribution is -2.39. The lowest BCUT2D eigenvalue weighted by molar-refractivity contribution is 0.0216. The van der Waals surface area contributed by atoms with Crippen LogP contribution >= 0.6 is 15.9 Å². The number of carbonyl (C=O) groups excluding carboxylic acids is 1. The molecule has 0 spiro atoms. The molecule has 142 valence electrons. The van der Waals surface area contributed by atoms with Crippen LogP contribution in [0, 0.1) is 0 Å². The largest absolute Gasteiger partial charge is 0.444 e. The highest BCUT2D eigenvalue weighted by molar-refractivity contribution is 9.10. The van der Waals surface area contributed by atoms with E-state index in [4.69, 9.17) is 16.2 Å². The first-order valence-corrected chi connectivity index (χ1v) is 9.54. The number of hydrogen-bond donors (Lipinski definition) is 2. The Balaban J connectivity index is 0.000000187. The summed E-state index contributed by atoms with van der Waals surface area (Å²) in [5.74, 6) is 0. The van der Waals surface area contributed by atoms with Crippen LogP contribution in [0.5, 0.6) is 0 Å². The number of pyridine rings is 1. The van der Waals surface area contributed by atoms with Gasteiger partial charge in [-0.15, -0.1) is 0 Å². The summed E-state index contributed by atoms with van der Waals surface area (Å²) < 4.78 is 6.24. The molecule has 6 nitrogen and oxygen atoms in total. The Labute approximate surface area is 163 Å². The smallest absolute Gasteiger partial charge is 0.410 e. The molecule has 1 aliphatic heterocycles. The predicted molar refractivity (Wildman–Crippen MR) is 110 cm³/mol. The maximum atomic E-state index is 11.5. The molecular formula is C19H27BrN4O2. The van der Waals surface area contributed by atoms with Crippen LogP contribution in [0.1, 0.15) is 40.0 Å². The van der Waals surface area contributed by atoms with E-state index in [0.717, 1.165) is 41.3 Å². The number of halogens is 1. The van der Waals surface area contributed by atoms with Crippen LogP contribution < -0.4 is 11.5 Å². The van der Waals surface area contributed by atoms with Gasteiger partial charge in [0.2, 0.25) is 0 Å². The summed E-state index contributed by atoms with van der Waals surface area (Å²) >= 11 is 3.37. The summed E-state index contributed by atoms with van der Waals surface area (Å²) in [7, 11) is 0. The highest BCUT2D eigenvalue weighted by Gasteiger charge is 2.22. The van der Waals surface area contributed by atoms with Crippen LogP contribution in [0.2, 0.25) is 0 Å². The maximum absolute atomic E-state index is 11.5. The van der Waals surface area contributed by atoms with Gasteiger partial charge in [-0.05, 0) is 58.2 Å². The average Bonchev–Trinajstić information content (AvgIpc) is 2.58. The molecule has 0 aliphatic carbocycles. The molecule has 7 heteroatoms. The van der Waals surface area contributed by atoms with Crippen LogP contribution in [0.3, 0.4) is 0 Å². The monoisotopic (exact) mass is 422 g/mol. The first-order chi connectivity index (χ1) is 12.2. The second-order valence-electron chi connectivity index (χ2n) is 7.32. The summed E-state index contributed by atoms with van der Waals surface area (Å²) in [6.45, 7) is 7.41. The van der Waals surface area contributed by atoms with Gasteiger partial charge in [-0.25, -0.2) is 4.79 Å².